The van der Waals surface area contributed by atoms with E-state index < -0.39 is 11.9 Å². The van der Waals surface area contributed by atoms with Gasteiger partial charge in [0.25, 0.3) is 5.91 Å². The van der Waals surface area contributed by atoms with Crippen molar-refractivity contribution in [3.8, 4) is 5.75 Å². The molecule has 1 saturated heterocycles. The first-order chi connectivity index (χ1) is 17.5. The van der Waals surface area contributed by atoms with Crippen molar-refractivity contribution in [2.24, 2.45) is 0 Å². The molecule has 0 saturated carbocycles. The topological polar surface area (TPSA) is 101 Å². The maximum absolute atomic E-state index is 13.5. The summed E-state index contributed by atoms with van der Waals surface area (Å²) in [6, 6.07) is 17.7. The van der Waals surface area contributed by atoms with Crippen LogP contribution in [0.1, 0.15) is 23.0 Å². The molecular weight excluding hydrogens is 460 g/mol. The Bertz CT molecular complexity index is 1230. The fraction of sp³-hybridized carbons (Fsp3) is 0.333. The maximum atomic E-state index is 13.5. The van der Waals surface area contributed by atoms with Gasteiger partial charge in [0.05, 0.1) is 19.2 Å². The molecule has 2 heterocycles. The van der Waals surface area contributed by atoms with Crippen LogP contribution in [-0.4, -0.2) is 78.6 Å². The lowest BCUT2D eigenvalue weighted by Gasteiger charge is -2.36. The fourth-order valence-electron chi connectivity index (χ4n) is 4.26. The Morgan fingerprint density at radius 2 is 1.64 bits per heavy atom. The van der Waals surface area contributed by atoms with E-state index in [1.165, 1.54) is 0 Å². The van der Waals surface area contributed by atoms with E-state index in [0.29, 0.717) is 50.5 Å². The molecule has 1 fully saturated rings. The second-order valence-electron chi connectivity index (χ2n) is 8.45. The van der Waals surface area contributed by atoms with E-state index in [2.05, 4.69) is 10.3 Å². The number of aromatic nitrogens is 1. The lowest BCUT2D eigenvalue weighted by molar-refractivity contribution is -0.134. The second kappa shape index (κ2) is 11.5. The molecule has 0 aliphatic carbocycles. The van der Waals surface area contributed by atoms with Crippen LogP contribution in [0.3, 0.4) is 0 Å². The summed E-state index contributed by atoms with van der Waals surface area (Å²) < 4.78 is 10.5. The molecule has 36 heavy (non-hydrogen) atoms. The van der Waals surface area contributed by atoms with Crippen LogP contribution in [0.2, 0.25) is 0 Å². The minimum absolute atomic E-state index is 0.170. The Morgan fingerprint density at radius 1 is 0.972 bits per heavy atom. The highest BCUT2D eigenvalue weighted by Crippen LogP contribution is 2.25. The minimum Gasteiger partial charge on any atom is -0.496 e. The number of carbonyl (C=O) groups is 3. The van der Waals surface area contributed by atoms with E-state index in [1.54, 1.807) is 29.9 Å². The molecule has 0 radical (unpaired) electrons. The van der Waals surface area contributed by atoms with Crippen molar-refractivity contribution in [2.45, 2.75) is 19.4 Å². The Balaban J connectivity index is 1.53. The van der Waals surface area contributed by atoms with Crippen molar-refractivity contribution in [1.29, 1.82) is 0 Å². The number of ether oxygens (including phenoxy) is 2. The zero-order valence-electron chi connectivity index (χ0n) is 20.5. The average molecular weight is 491 g/mol. The summed E-state index contributed by atoms with van der Waals surface area (Å²) in [6.45, 7) is 3.53. The van der Waals surface area contributed by atoms with E-state index in [9.17, 15) is 14.4 Å². The number of benzene rings is 2. The lowest BCUT2D eigenvalue weighted by atomic mass is 10.0. The smallest absolute Gasteiger partial charge is 0.409 e. The summed E-state index contributed by atoms with van der Waals surface area (Å²) >= 11 is 0. The Labute approximate surface area is 210 Å². The van der Waals surface area contributed by atoms with Gasteiger partial charge in [0.1, 0.15) is 17.5 Å². The van der Waals surface area contributed by atoms with Crippen molar-refractivity contribution < 1.29 is 23.9 Å². The molecule has 0 spiro atoms. The molecule has 1 aromatic heterocycles. The summed E-state index contributed by atoms with van der Waals surface area (Å²) in [6.07, 6.45) is -0.0520. The van der Waals surface area contributed by atoms with Gasteiger partial charge in [0, 0.05) is 44.1 Å². The molecule has 0 unspecified atom stereocenters. The van der Waals surface area contributed by atoms with Crippen LogP contribution in [0.15, 0.2) is 60.7 Å². The third-order valence-corrected chi connectivity index (χ3v) is 6.13. The lowest BCUT2D eigenvalue weighted by Crippen LogP contribution is -2.56. The highest BCUT2D eigenvalue weighted by molar-refractivity contribution is 5.99. The molecule has 1 aliphatic rings. The minimum atomic E-state index is -0.798. The third kappa shape index (κ3) is 5.73. The van der Waals surface area contributed by atoms with Crippen molar-refractivity contribution in [2.75, 3.05) is 39.9 Å². The van der Waals surface area contributed by atoms with Crippen LogP contribution in [-0.2, 0) is 16.0 Å². The number of amides is 3. The van der Waals surface area contributed by atoms with Gasteiger partial charge in [-0.3, -0.25) is 9.59 Å². The van der Waals surface area contributed by atoms with E-state index in [-0.39, 0.29) is 17.7 Å². The molecular formula is C27H30N4O5. The van der Waals surface area contributed by atoms with Crippen LogP contribution < -0.4 is 10.1 Å². The average Bonchev–Trinajstić information content (AvgIpc) is 2.92. The molecule has 1 aliphatic heterocycles. The second-order valence-corrected chi connectivity index (χ2v) is 8.45. The van der Waals surface area contributed by atoms with Gasteiger partial charge in [0.2, 0.25) is 5.91 Å². The predicted octanol–water partition coefficient (Wildman–Crippen LogP) is 2.89. The first kappa shape index (κ1) is 25.0. The van der Waals surface area contributed by atoms with E-state index >= 15 is 0 Å². The summed E-state index contributed by atoms with van der Waals surface area (Å²) in [5, 5.41) is 3.69. The zero-order chi connectivity index (χ0) is 25.5. The molecule has 9 heteroatoms. The van der Waals surface area contributed by atoms with E-state index in [1.807, 2.05) is 54.6 Å². The molecule has 2 aromatic carbocycles. The monoisotopic (exact) mass is 490 g/mol. The molecule has 1 N–H and O–H groups in total. The standard InChI is InChI=1S/C27H30N4O5/c1-3-36-27(34)31-15-13-30(14-16-31)26(33)23(17-19-9-5-4-6-10-19)29-25(32)22-18-24(35-2)20-11-7-8-12-21(20)28-22/h4-12,18,23H,3,13-17H2,1-2H3,(H,29,32)/t23-/m0/s1. The molecule has 3 aromatic rings. The van der Waals surface area contributed by atoms with Crippen LogP contribution in [0, 0.1) is 0 Å². The zero-order valence-corrected chi connectivity index (χ0v) is 20.5. The highest BCUT2D eigenvalue weighted by atomic mass is 16.6. The Hall–Kier alpha value is -4.14. The number of pyridine rings is 1. The van der Waals surface area contributed by atoms with Gasteiger partial charge in [-0.05, 0) is 24.6 Å². The van der Waals surface area contributed by atoms with Gasteiger partial charge in [-0.25, -0.2) is 9.78 Å². The number of nitrogens with one attached hydrogen (secondary N) is 1. The van der Waals surface area contributed by atoms with Gasteiger partial charge in [0.15, 0.2) is 0 Å². The number of fused-ring (bicyclic) bond motifs is 1. The van der Waals surface area contributed by atoms with Gasteiger partial charge in [-0.15, -0.1) is 0 Å². The first-order valence-electron chi connectivity index (χ1n) is 12.0. The number of hydrogen-bond acceptors (Lipinski definition) is 6. The first-order valence-corrected chi connectivity index (χ1v) is 12.0. The molecule has 1 atom stereocenters. The molecule has 3 amide bonds. The number of rotatable bonds is 7. The van der Waals surface area contributed by atoms with Crippen molar-refractivity contribution in [3.05, 3.63) is 71.9 Å². The van der Waals surface area contributed by atoms with Crippen LogP contribution in [0.25, 0.3) is 10.9 Å². The molecule has 4 rings (SSSR count). The third-order valence-electron chi connectivity index (χ3n) is 6.13. The number of methoxy groups -OCH3 is 1. The summed E-state index contributed by atoms with van der Waals surface area (Å²) in [5.41, 5.74) is 1.72. The van der Waals surface area contributed by atoms with E-state index in [0.717, 1.165) is 10.9 Å². The number of hydrogen-bond donors (Lipinski definition) is 1. The van der Waals surface area contributed by atoms with Crippen molar-refractivity contribution in [3.63, 3.8) is 0 Å². The largest absolute Gasteiger partial charge is 0.496 e. The molecule has 188 valence electrons. The number of piperazine rings is 1. The van der Waals surface area contributed by atoms with Crippen molar-refractivity contribution in [1.82, 2.24) is 20.1 Å². The highest BCUT2D eigenvalue weighted by Gasteiger charge is 2.31. The normalized spacial score (nSPS) is 14.3. The summed E-state index contributed by atoms with van der Waals surface area (Å²) in [5.74, 6) is -0.131. The Morgan fingerprint density at radius 3 is 2.33 bits per heavy atom. The van der Waals surface area contributed by atoms with Gasteiger partial charge in [-0.1, -0.05) is 42.5 Å². The summed E-state index contributed by atoms with van der Waals surface area (Å²) in [4.78, 5) is 46.6. The quantitative estimate of drug-likeness (QED) is 0.547. The van der Waals surface area contributed by atoms with Gasteiger partial charge in [-0.2, -0.15) is 0 Å². The van der Waals surface area contributed by atoms with Gasteiger partial charge >= 0.3 is 6.09 Å². The van der Waals surface area contributed by atoms with Crippen LogP contribution >= 0.6 is 0 Å². The number of nitrogens with zero attached hydrogens (tertiary/aromatic N) is 3. The Kier molecular flexibility index (Phi) is 7.99. The molecule has 9 nitrogen and oxygen atoms in total. The maximum Gasteiger partial charge on any atom is 0.409 e. The SMILES string of the molecule is CCOC(=O)N1CCN(C(=O)[C@H](Cc2ccccc2)NC(=O)c2cc(OC)c3ccccc3n2)CC1. The number of para-hydroxylation sites is 1. The van der Waals surface area contributed by atoms with Crippen molar-refractivity contribution >= 4 is 28.8 Å². The van der Waals surface area contributed by atoms with Crippen LogP contribution in [0.4, 0.5) is 4.79 Å². The van der Waals surface area contributed by atoms with E-state index in [4.69, 9.17) is 9.47 Å². The number of carbonyl (C=O) groups excluding carboxylic acids is 3. The predicted molar refractivity (Wildman–Crippen MR) is 135 cm³/mol. The van der Waals surface area contributed by atoms with Crippen LogP contribution in [0.5, 0.6) is 5.75 Å². The fourth-order valence-corrected chi connectivity index (χ4v) is 4.26. The van der Waals surface area contributed by atoms with Gasteiger partial charge < -0.3 is 24.6 Å². The molecule has 0 bridgehead atoms. The summed E-state index contributed by atoms with van der Waals surface area (Å²) in [7, 11) is 1.54.